The van der Waals surface area contributed by atoms with Gasteiger partial charge in [0.2, 0.25) is 0 Å². The van der Waals surface area contributed by atoms with Crippen LogP contribution in [-0.2, 0) is 14.4 Å². The molecule has 0 aromatic heterocycles. The van der Waals surface area contributed by atoms with Crippen molar-refractivity contribution in [2.75, 3.05) is 0 Å². The number of hydrogen-bond donors (Lipinski definition) is 5. The van der Waals surface area contributed by atoms with Gasteiger partial charge in [-0.1, -0.05) is 46.3 Å². The first-order valence-corrected chi connectivity index (χ1v) is 13.6. The summed E-state index contributed by atoms with van der Waals surface area (Å²) in [5, 5.41) is 54.0. The van der Waals surface area contributed by atoms with E-state index in [4.69, 9.17) is 0 Å². The second-order valence-electron chi connectivity index (χ2n) is 14.4. The van der Waals surface area contributed by atoms with Crippen molar-refractivity contribution in [1.82, 2.24) is 0 Å². The third kappa shape index (κ3) is 3.59. The van der Waals surface area contributed by atoms with Crippen LogP contribution in [0.1, 0.15) is 81.1 Å². The number of ketones is 3. The first-order valence-electron chi connectivity index (χ1n) is 13.6. The Hall–Kier alpha value is -1.87. The highest BCUT2D eigenvalue weighted by Gasteiger charge is 2.74. The number of Topliss-reactive ketones (excluding diaryl/α,β-unsaturated/α-hetero) is 2. The first kappa shape index (κ1) is 29.1. The second-order valence-corrected chi connectivity index (χ2v) is 14.4. The largest absolute Gasteiger partial charge is 0.509 e. The van der Waals surface area contributed by atoms with E-state index in [0.29, 0.717) is 6.42 Å². The molecule has 4 aliphatic carbocycles. The van der Waals surface area contributed by atoms with Crippen LogP contribution in [0.5, 0.6) is 0 Å². The lowest BCUT2D eigenvalue weighted by molar-refractivity contribution is -0.183. The molecular weight excluding hydrogens is 488 g/mol. The quantitative estimate of drug-likeness (QED) is 0.211. The van der Waals surface area contributed by atoms with E-state index in [1.807, 2.05) is 34.6 Å². The number of allylic oxidation sites excluding steroid dienone is 1. The van der Waals surface area contributed by atoms with E-state index in [9.17, 15) is 39.9 Å². The molecule has 9 atom stereocenters. The van der Waals surface area contributed by atoms with Crippen molar-refractivity contribution in [3.05, 3.63) is 23.5 Å². The van der Waals surface area contributed by atoms with Crippen LogP contribution < -0.4 is 0 Å². The summed E-state index contributed by atoms with van der Waals surface area (Å²) in [6.45, 7) is 13.4. The zero-order valence-corrected chi connectivity index (χ0v) is 23.8. The highest BCUT2D eigenvalue weighted by atomic mass is 16.3. The third-order valence-electron chi connectivity index (χ3n) is 11.4. The van der Waals surface area contributed by atoms with Gasteiger partial charge in [-0.25, -0.2) is 0 Å². The summed E-state index contributed by atoms with van der Waals surface area (Å²) >= 11 is 0. The average molecular weight is 533 g/mol. The number of fused-ring (bicyclic) bond motifs is 5. The van der Waals surface area contributed by atoms with Gasteiger partial charge in [0.25, 0.3) is 0 Å². The molecule has 38 heavy (non-hydrogen) atoms. The van der Waals surface area contributed by atoms with Crippen LogP contribution in [0.15, 0.2) is 23.5 Å². The summed E-state index contributed by atoms with van der Waals surface area (Å²) in [5.74, 6) is -3.45. The first-order chi connectivity index (χ1) is 17.1. The van der Waals surface area contributed by atoms with Gasteiger partial charge < -0.3 is 25.5 Å². The zero-order chi connectivity index (χ0) is 29.0. The molecule has 3 saturated carbocycles. The summed E-state index contributed by atoms with van der Waals surface area (Å²) < 4.78 is 0. The Morgan fingerprint density at radius 1 is 1.03 bits per heavy atom. The molecule has 0 amide bonds. The van der Waals surface area contributed by atoms with E-state index in [2.05, 4.69) is 6.08 Å². The predicted octanol–water partition coefficient (Wildman–Crippen LogP) is 2.81. The third-order valence-corrected chi connectivity index (χ3v) is 11.4. The Balaban J connectivity index is 1.81. The predicted molar refractivity (Wildman–Crippen MR) is 140 cm³/mol. The lowest BCUT2D eigenvalue weighted by Gasteiger charge is -2.64. The van der Waals surface area contributed by atoms with Gasteiger partial charge in [0.1, 0.15) is 28.8 Å². The highest BCUT2D eigenvalue weighted by Crippen LogP contribution is 2.74. The maximum atomic E-state index is 14.2. The van der Waals surface area contributed by atoms with Crippen molar-refractivity contribution in [1.29, 1.82) is 0 Å². The summed E-state index contributed by atoms with van der Waals surface area (Å²) in [6, 6.07) is 0. The molecule has 0 unspecified atom stereocenters. The molecular formula is C30H44O8. The molecule has 0 heterocycles. The minimum absolute atomic E-state index is 0.00377. The van der Waals surface area contributed by atoms with Crippen molar-refractivity contribution < 1.29 is 39.9 Å². The normalized spacial score (nSPS) is 44.5. The van der Waals surface area contributed by atoms with E-state index in [-0.39, 0.29) is 42.7 Å². The molecule has 5 N–H and O–H groups in total. The Bertz CT molecular complexity index is 1140. The molecule has 0 spiro atoms. The van der Waals surface area contributed by atoms with Crippen LogP contribution in [0.4, 0.5) is 0 Å². The molecule has 0 aliphatic heterocycles. The molecule has 8 nitrogen and oxygen atoms in total. The van der Waals surface area contributed by atoms with Gasteiger partial charge in [-0.15, -0.1) is 0 Å². The van der Waals surface area contributed by atoms with Gasteiger partial charge >= 0.3 is 0 Å². The minimum Gasteiger partial charge on any atom is -0.509 e. The number of aliphatic hydroxyl groups excluding tert-OH is 3. The van der Waals surface area contributed by atoms with Crippen molar-refractivity contribution >= 4 is 17.3 Å². The van der Waals surface area contributed by atoms with Gasteiger partial charge in [-0.05, 0) is 56.3 Å². The van der Waals surface area contributed by atoms with Gasteiger partial charge in [0.05, 0.1) is 6.10 Å². The van der Waals surface area contributed by atoms with Crippen molar-refractivity contribution in [2.45, 2.75) is 104 Å². The van der Waals surface area contributed by atoms with Gasteiger partial charge in [0, 0.05) is 35.7 Å². The zero-order valence-electron chi connectivity index (χ0n) is 23.8. The fraction of sp³-hybridized carbons (Fsp3) is 0.767. The van der Waals surface area contributed by atoms with E-state index in [1.54, 1.807) is 0 Å². The van der Waals surface area contributed by atoms with Crippen LogP contribution in [0, 0.1) is 39.4 Å². The van der Waals surface area contributed by atoms with Crippen LogP contribution in [0.25, 0.3) is 0 Å². The van der Waals surface area contributed by atoms with Crippen molar-refractivity contribution in [3.8, 4) is 0 Å². The molecule has 0 aromatic rings. The number of aliphatic hydroxyl groups is 5. The van der Waals surface area contributed by atoms with E-state index in [1.165, 1.54) is 20.8 Å². The molecule has 0 bridgehead atoms. The number of carbonyl (C=O) groups is 3. The lowest BCUT2D eigenvalue weighted by Crippen LogP contribution is -2.65. The maximum Gasteiger partial charge on any atom is 0.190 e. The number of carbonyl (C=O) groups excluding carboxylic acids is 3. The summed E-state index contributed by atoms with van der Waals surface area (Å²) in [5.41, 5.74) is -6.23. The fourth-order valence-corrected chi connectivity index (χ4v) is 8.95. The fourth-order valence-electron chi connectivity index (χ4n) is 8.95. The van der Waals surface area contributed by atoms with Crippen LogP contribution >= 0.6 is 0 Å². The smallest absolute Gasteiger partial charge is 0.190 e. The molecule has 0 saturated heterocycles. The topological polar surface area (TPSA) is 152 Å². The molecule has 0 aromatic carbocycles. The standard InChI is InChI=1S/C30H44O8/c1-25(2)15-9-10-19-27(5)13-18(32)23(30(8,38)21(34)12-20(33)26(3,4)37)28(27,6)14-22(35)29(19,7)16(15)11-17(31)24(25)36/h9,12,16,18-19,23-24,32-33,36-38H,10-11,13-14H2,1-8H3/t16-,18-,19+,23+,24+,27+,28-,29+,30+/m1/s1. The highest BCUT2D eigenvalue weighted by molar-refractivity contribution is 5.98. The lowest BCUT2D eigenvalue weighted by atomic mass is 9.38. The van der Waals surface area contributed by atoms with Gasteiger partial charge in [-0.2, -0.15) is 0 Å². The van der Waals surface area contributed by atoms with E-state index >= 15 is 0 Å². The van der Waals surface area contributed by atoms with Gasteiger partial charge in [0.15, 0.2) is 11.6 Å². The second kappa shape index (κ2) is 8.32. The van der Waals surface area contributed by atoms with Gasteiger partial charge in [-0.3, -0.25) is 14.4 Å². The molecule has 8 heteroatoms. The Morgan fingerprint density at radius 2 is 1.61 bits per heavy atom. The minimum atomic E-state index is -2.12. The Kier molecular flexibility index (Phi) is 6.38. The summed E-state index contributed by atoms with van der Waals surface area (Å²) in [4.78, 5) is 40.4. The van der Waals surface area contributed by atoms with E-state index in [0.717, 1.165) is 11.6 Å². The molecule has 4 aliphatic rings. The van der Waals surface area contributed by atoms with Crippen molar-refractivity contribution in [2.24, 2.45) is 39.4 Å². The van der Waals surface area contributed by atoms with Crippen LogP contribution in [-0.4, -0.2) is 66.3 Å². The average Bonchev–Trinajstić information content (AvgIpc) is 2.97. The Labute approximate surface area is 224 Å². The number of rotatable bonds is 4. The molecule has 212 valence electrons. The maximum absolute atomic E-state index is 14.2. The molecule has 4 rings (SSSR count). The van der Waals surface area contributed by atoms with Crippen LogP contribution in [0.3, 0.4) is 0 Å². The van der Waals surface area contributed by atoms with Crippen molar-refractivity contribution in [3.63, 3.8) is 0 Å². The number of hydrogen-bond acceptors (Lipinski definition) is 8. The molecule has 0 radical (unpaired) electrons. The monoisotopic (exact) mass is 532 g/mol. The van der Waals surface area contributed by atoms with E-state index < -0.39 is 62.5 Å². The molecule has 3 fully saturated rings. The summed E-state index contributed by atoms with van der Waals surface area (Å²) in [6.07, 6.45) is 1.47. The SMILES string of the molecule is CC(C)(O)C(O)=CC(=O)[C@](C)(O)[C@H]1[C@H](O)C[C@@]2(C)[C@@H]3CC=C4[C@@H](CC(=O)[C@H](O)C4(C)C)[C@]3(C)C(=O)C[C@]12C. The van der Waals surface area contributed by atoms with Crippen LogP contribution in [0.2, 0.25) is 0 Å². The Morgan fingerprint density at radius 3 is 2.16 bits per heavy atom. The summed E-state index contributed by atoms with van der Waals surface area (Å²) in [7, 11) is 0.